The first-order valence-corrected chi connectivity index (χ1v) is 9.82. The first kappa shape index (κ1) is 19.4. The molecule has 7 nitrogen and oxygen atoms in total. The summed E-state index contributed by atoms with van der Waals surface area (Å²) in [5.74, 6) is -0.0291. The van der Waals surface area contributed by atoms with Gasteiger partial charge in [-0.3, -0.25) is 4.79 Å². The summed E-state index contributed by atoms with van der Waals surface area (Å²) >= 11 is 0. The maximum atomic E-state index is 14.6. The van der Waals surface area contributed by atoms with E-state index in [0.717, 1.165) is 5.69 Å². The van der Waals surface area contributed by atoms with E-state index in [-0.39, 0.29) is 23.3 Å². The van der Waals surface area contributed by atoms with Crippen LogP contribution < -0.4 is 5.32 Å². The van der Waals surface area contributed by atoms with Gasteiger partial charge in [-0.2, -0.15) is 10.1 Å². The summed E-state index contributed by atoms with van der Waals surface area (Å²) in [5, 5.41) is 7.15. The number of ether oxygens (including phenoxy) is 1. The van der Waals surface area contributed by atoms with Crippen molar-refractivity contribution in [3.05, 3.63) is 59.4 Å². The lowest BCUT2D eigenvalue weighted by Crippen LogP contribution is -2.45. The molecule has 1 aliphatic rings. The molecule has 0 radical (unpaired) electrons. The van der Waals surface area contributed by atoms with Crippen LogP contribution in [0.2, 0.25) is 0 Å². The van der Waals surface area contributed by atoms with E-state index in [0.29, 0.717) is 43.9 Å². The minimum Gasteiger partial charge on any atom is -0.381 e. The molecule has 1 aromatic carbocycles. The molecule has 1 amide bonds. The second kappa shape index (κ2) is 7.87. The summed E-state index contributed by atoms with van der Waals surface area (Å²) in [5.41, 5.74) is 1.25. The summed E-state index contributed by atoms with van der Waals surface area (Å²) in [6, 6.07) is 8.50. The van der Waals surface area contributed by atoms with Crippen molar-refractivity contribution in [3.63, 3.8) is 0 Å². The highest BCUT2D eigenvalue weighted by Gasteiger charge is 2.37. The van der Waals surface area contributed by atoms with E-state index >= 15 is 0 Å². The number of hydrogen-bond donors (Lipinski definition) is 1. The Morgan fingerprint density at radius 3 is 2.79 bits per heavy atom. The minimum absolute atomic E-state index is 0.147. The molecule has 0 spiro atoms. The number of fused-ring (bicyclic) bond motifs is 1. The summed E-state index contributed by atoms with van der Waals surface area (Å²) in [7, 11) is 0. The number of halogens is 1. The zero-order valence-corrected chi connectivity index (χ0v) is 16.6. The van der Waals surface area contributed by atoms with E-state index in [1.807, 2.05) is 19.9 Å². The van der Waals surface area contributed by atoms with E-state index < -0.39 is 5.41 Å². The van der Waals surface area contributed by atoms with Gasteiger partial charge in [0.2, 0.25) is 0 Å². The second-order valence-electron chi connectivity index (χ2n) is 7.75. The summed E-state index contributed by atoms with van der Waals surface area (Å²) in [6.07, 6.45) is 2.70. The largest absolute Gasteiger partial charge is 0.381 e. The smallest absolute Gasteiger partial charge is 0.270 e. The number of carbonyl (C=O) groups excluding carboxylic acids is 1. The number of carbonyl (C=O) groups is 1. The van der Waals surface area contributed by atoms with E-state index in [1.165, 1.54) is 12.4 Å². The fourth-order valence-electron chi connectivity index (χ4n) is 3.90. The van der Waals surface area contributed by atoms with Crippen LogP contribution in [0.5, 0.6) is 0 Å². The number of hydrogen-bond acceptors (Lipinski definition) is 5. The molecule has 0 atom stereocenters. The summed E-state index contributed by atoms with van der Waals surface area (Å²) in [6.45, 7) is 5.42. The molecular formula is C21H24FN5O2. The van der Waals surface area contributed by atoms with Crippen molar-refractivity contribution < 1.29 is 13.9 Å². The molecule has 0 saturated carbocycles. The van der Waals surface area contributed by atoms with Crippen molar-refractivity contribution >= 4 is 11.7 Å². The first-order valence-electron chi connectivity index (χ1n) is 9.82. The monoisotopic (exact) mass is 397 g/mol. The van der Waals surface area contributed by atoms with Crippen LogP contribution in [-0.2, 0) is 10.2 Å². The van der Waals surface area contributed by atoms with Crippen molar-refractivity contribution in [1.29, 1.82) is 0 Å². The zero-order chi connectivity index (χ0) is 20.4. The van der Waals surface area contributed by atoms with Crippen LogP contribution in [0.25, 0.3) is 5.78 Å². The summed E-state index contributed by atoms with van der Waals surface area (Å²) in [4.78, 5) is 21.4. The van der Waals surface area contributed by atoms with Crippen LogP contribution in [0, 0.1) is 5.82 Å². The second-order valence-corrected chi connectivity index (χ2v) is 7.75. The van der Waals surface area contributed by atoms with Gasteiger partial charge in [0.05, 0.1) is 5.69 Å². The molecule has 8 heteroatoms. The van der Waals surface area contributed by atoms with Crippen LogP contribution in [-0.4, -0.2) is 45.2 Å². The average Bonchev–Trinajstić information content (AvgIpc) is 3.21. The number of rotatable bonds is 5. The van der Waals surface area contributed by atoms with Gasteiger partial charge in [-0.25, -0.2) is 13.9 Å². The Labute approximate surface area is 168 Å². The maximum Gasteiger partial charge on any atom is 0.270 e. The third-order valence-corrected chi connectivity index (χ3v) is 5.59. The third kappa shape index (κ3) is 3.72. The number of nitrogens with zero attached hydrogens (tertiary/aromatic N) is 4. The van der Waals surface area contributed by atoms with Crippen LogP contribution in [0.4, 0.5) is 4.39 Å². The molecule has 1 fully saturated rings. The van der Waals surface area contributed by atoms with Gasteiger partial charge >= 0.3 is 0 Å². The zero-order valence-electron chi connectivity index (χ0n) is 16.6. The molecule has 1 aliphatic heterocycles. The highest BCUT2D eigenvalue weighted by Crippen LogP contribution is 2.35. The molecule has 3 heterocycles. The van der Waals surface area contributed by atoms with Crippen LogP contribution in [0.3, 0.4) is 0 Å². The minimum atomic E-state index is -0.501. The fraction of sp³-hybridized carbons (Fsp3) is 0.429. The van der Waals surface area contributed by atoms with E-state index in [2.05, 4.69) is 20.4 Å². The van der Waals surface area contributed by atoms with Crippen molar-refractivity contribution in [2.24, 2.45) is 0 Å². The normalized spacial score (nSPS) is 16.3. The van der Waals surface area contributed by atoms with Crippen molar-refractivity contribution in [2.45, 2.75) is 38.0 Å². The van der Waals surface area contributed by atoms with Crippen LogP contribution >= 0.6 is 0 Å². The summed E-state index contributed by atoms with van der Waals surface area (Å²) < 4.78 is 21.7. The van der Waals surface area contributed by atoms with Gasteiger partial charge in [0, 0.05) is 25.2 Å². The lowest BCUT2D eigenvalue weighted by atomic mass is 9.74. The van der Waals surface area contributed by atoms with Crippen LogP contribution in [0.1, 0.15) is 54.4 Å². The van der Waals surface area contributed by atoms with Gasteiger partial charge in [-0.1, -0.05) is 32.0 Å². The lowest BCUT2D eigenvalue weighted by Gasteiger charge is -2.38. The molecule has 1 saturated heterocycles. The maximum absolute atomic E-state index is 14.6. The highest BCUT2D eigenvalue weighted by atomic mass is 19.1. The molecule has 3 aromatic rings. The number of aromatic nitrogens is 4. The predicted octanol–water partition coefficient (Wildman–Crippen LogP) is 2.87. The lowest BCUT2D eigenvalue weighted by molar-refractivity contribution is 0.0475. The van der Waals surface area contributed by atoms with Gasteiger partial charge in [-0.15, -0.1) is 0 Å². The molecule has 29 heavy (non-hydrogen) atoms. The fourth-order valence-corrected chi connectivity index (χ4v) is 3.90. The average molecular weight is 397 g/mol. The Morgan fingerprint density at radius 2 is 2.07 bits per heavy atom. The standard InChI is InChI=1S/C21H24FN5O2/c1-14(2)18-11-17(26-20-24-13-25-27(18)20)19(28)23-12-21(7-9-29-10-8-21)15-5-3-4-6-16(15)22/h3-6,11,13-14H,7-10,12H2,1-2H3,(H,23,28). The van der Waals surface area contributed by atoms with Gasteiger partial charge in [0.25, 0.3) is 11.7 Å². The number of nitrogens with one attached hydrogen (secondary N) is 1. The Bertz CT molecular complexity index is 1030. The van der Waals surface area contributed by atoms with E-state index in [9.17, 15) is 9.18 Å². The molecule has 4 rings (SSSR count). The number of amides is 1. The highest BCUT2D eigenvalue weighted by molar-refractivity contribution is 5.92. The molecule has 1 N–H and O–H groups in total. The first-order chi connectivity index (χ1) is 14.0. The third-order valence-electron chi connectivity index (χ3n) is 5.59. The molecule has 152 valence electrons. The van der Waals surface area contributed by atoms with Gasteiger partial charge in [0.1, 0.15) is 17.8 Å². The molecular weight excluding hydrogens is 373 g/mol. The van der Waals surface area contributed by atoms with Gasteiger partial charge < -0.3 is 10.1 Å². The van der Waals surface area contributed by atoms with Crippen molar-refractivity contribution in [3.8, 4) is 0 Å². The van der Waals surface area contributed by atoms with Crippen molar-refractivity contribution in [2.75, 3.05) is 19.8 Å². The SMILES string of the molecule is CC(C)c1cc(C(=O)NCC2(c3ccccc3F)CCOCC2)nc2ncnn12. The van der Waals surface area contributed by atoms with Gasteiger partial charge in [0.15, 0.2) is 0 Å². The topological polar surface area (TPSA) is 81.4 Å². The van der Waals surface area contributed by atoms with Crippen LogP contribution in [0.15, 0.2) is 36.7 Å². The van der Waals surface area contributed by atoms with Crippen molar-refractivity contribution in [1.82, 2.24) is 24.9 Å². The molecule has 0 aliphatic carbocycles. The molecule has 2 aromatic heterocycles. The predicted molar refractivity (Wildman–Crippen MR) is 105 cm³/mol. The molecule has 0 bridgehead atoms. The quantitative estimate of drug-likeness (QED) is 0.716. The Morgan fingerprint density at radius 1 is 1.31 bits per heavy atom. The van der Waals surface area contributed by atoms with E-state index in [1.54, 1.807) is 22.7 Å². The molecule has 0 unspecified atom stereocenters. The Hall–Kier alpha value is -2.87. The van der Waals surface area contributed by atoms with Gasteiger partial charge in [-0.05, 0) is 36.5 Å². The Kier molecular flexibility index (Phi) is 5.27. The Balaban J connectivity index is 1.61. The van der Waals surface area contributed by atoms with E-state index in [4.69, 9.17) is 4.74 Å². The number of benzene rings is 1.